The number of benzene rings is 1. The summed E-state index contributed by atoms with van der Waals surface area (Å²) in [6.45, 7) is 7.79. The highest BCUT2D eigenvalue weighted by Crippen LogP contribution is 2.47. The first-order valence-electron chi connectivity index (χ1n) is 12.6. The molecule has 10 nitrogen and oxygen atoms in total. The lowest BCUT2D eigenvalue weighted by Crippen LogP contribution is -2.47. The van der Waals surface area contributed by atoms with E-state index in [1.54, 1.807) is 25.3 Å². The molecule has 2 aromatic heterocycles. The van der Waals surface area contributed by atoms with E-state index in [1.807, 2.05) is 31.2 Å². The smallest absolute Gasteiger partial charge is 0.433 e. The van der Waals surface area contributed by atoms with Gasteiger partial charge < -0.3 is 18.8 Å². The van der Waals surface area contributed by atoms with Crippen LogP contribution in [-0.4, -0.2) is 71.3 Å². The number of nitrogens with zero attached hydrogens (tertiary/aromatic N) is 6. The van der Waals surface area contributed by atoms with Gasteiger partial charge in [-0.15, -0.1) is 10.2 Å². The van der Waals surface area contributed by atoms with Crippen molar-refractivity contribution in [1.29, 1.82) is 0 Å². The van der Waals surface area contributed by atoms with Gasteiger partial charge in [-0.05, 0) is 37.6 Å². The predicted molar refractivity (Wildman–Crippen MR) is 147 cm³/mol. The number of hydrogen-bond donors (Lipinski definition) is 0. The van der Waals surface area contributed by atoms with Crippen LogP contribution >= 0.6 is 23.2 Å². The molecule has 204 valence electrons. The van der Waals surface area contributed by atoms with Gasteiger partial charge in [0, 0.05) is 44.6 Å². The van der Waals surface area contributed by atoms with Crippen molar-refractivity contribution in [1.82, 2.24) is 20.1 Å². The molecule has 1 aromatic carbocycles. The molecular formula is C27H28Cl2N6O4. The molecule has 0 amide bonds. The molecule has 12 heteroatoms. The molecule has 0 N–H and O–H groups in total. The molecule has 0 bridgehead atoms. The van der Waals surface area contributed by atoms with Crippen molar-refractivity contribution in [2.24, 2.45) is 4.99 Å². The first-order chi connectivity index (χ1) is 18.9. The average molecular weight is 571 g/mol. The van der Waals surface area contributed by atoms with E-state index in [0.717, 1.165) is 32.0 Å². The van der Waals surface area contributed by atoms with Gasteiger partial charge in [0.1, 0.15) is 18.2 Å². The molecule has 2 aliphatic rings. The zero-order chi connectivity index (χ0) is 27.4. The molecule has 2 aliphatic heterocycles. The number of carbonyl (C=O) groups excluding carboxylic acids is 1. The minimum atomic E-state index is -0.821. The molecule has 0 radical (unpaired) electrons. The first kappa shape index (κ1) is 27.1. The van der Waals surface area contributed by atoms with E-state index in [2.05, 4.69) is 30.0 Å². The zero-order valence-corrected chi connectivity index (χ0v) is 23.1. The number of carbonyl (C=O) groups is 1. The summed E-state index contributed by atoms with van der Waals surface area (Å²) in [4.78, 5) is 26.4. The van der Waals surface area contributed by atoms with Crippen LogP contribution in [0.15, 0.2) is 69.9 Å². The Hall–Kier alpha value is -3.47. The van der Waals surface area contributed by atoms with Crippen molar-refractivity contribution < 1.29 is 18.7 Å². The van der Waals surface area contributed by atoms with Crippen molar-refractivity contribution in [3.05, 3.63) is 81.9 Å². The Morgan fingerprint density at radius 1 is 1.08 bits per heavy atom. The molecule has 0 aliphatic carbocycles. The highest BCUT2D eigenvalue weighted by atomic mass is 35.5. The quantitative estimate of drug-likeness (QED) is 0.349. The SMILES string of the molecule is CC1=NC(C)=C(OC(=O)OCCN2CCN(c3ccccn3)CC2)C(c2cccc(Cl)c2Cl)C1c1nnco1. The molecule has 1 saturated heterocycles. The first-order valence-corrected chi connectivity index (χ1v) is 13.4. The number of pyridine rings is 1. The number of rotatable bonds is 7. The Morgan fingerprint density at radius 2 is 1.90 bits per heavy atom. The van der Waals surface area contributed by atoms with E-state index in [0.29, 0.717) is 45.2 Å². The molecular weight excluding hydrogens is 543 g/mol. The summed E-state index contributed by atoms with van der Waals surface area (Å²) in [6, 6.07) is 11.2. The highest BCUT2D eigenvalue weighted by Gasteiger charge is 2.41. The Morgan fingerprint density at radius 3 is 2.62 bits per heavy atom. The third-order valence-electron chi connectivity index (χ3n) is 6.89. The van der Waals surface area contributed by atoms with Gasteiger partial charge in [0.15, 0.2) is 0 Å². The van der Waals surface area contributed by atoms with Crippen molar-refractivity contribution in [3.8, 4) is 0 Å². The molecule has 0 spiro atoms. The fourth-order valence-corrected chi connectivity index (χ4v) is 5.41. The maximum atomic E-state index is 12.9. The third-order valence-corrected chi connectivity index (χ3v) is 7.73. The van der Waals surface area contributed by atoms with Gasteiger partial charge in [0.2, 0.25) is 12.3 Å². The monoisotopic (exact) mass is 570 g/mol. The Balaban J connectivity index is 1.25. The lowest BCUT2D eigenvalue weighted by atomic mass is 9.79. The number of halogens is 2. The molecule has 4 heterocycles. The van der Waals surface area contributed by atoms with Gasteiger partial charge in [-0.2, -0.15) is 0 Å². The summed E-state index contributed by atoms with van der Waals surface area (Å²) in [5.74, 6) is 0.497. The molecule has 5 rings (SSSR count). The van der Waals surface area contributed by atoms with E-state index in [1.165, 1.54) is 6.39 Å². The highest BCUT2D eigenvalue weighted by molar-refractivity contribution is 6.42. The largest absolute Gasteiger partial charge is 0.513 e. The standard InChI is InChI=1S/C27H28Cl2N6O4/c1-17-22(26-33-31-16-38-26)23(19-6-5-7-20(28)24(19)29)25(18(2)32-17)39-27(36)37-15-14-34-10-12-35(13-11-34)21-8-3-4-9-30-21/h3-9,16,22-23H,10-15H2,1-2H3. The van der Waals surface area contributed by atoms with E-state index >= 15 is 0 Å². The number of allylic oxidation sites excluding steroid dienone is 2. The van der Waals surface area contributed by atoms with Crippen molar-refractivity contribution in [2.45, 2.75) is 25.7 Å². The predicted octanol–water partition coefficient (Wildman–Crippen LogP) is 5.32. The molecule has 39 heavy (non-hydrogen) atoms. The van der Waals surface area contributed by atoms with Crippen LogP contribution in [0.4, 0.5) is 10.6 Å². The van der Waals surface area contributed by atoms with Gasteiger partial charge in [0.25, 0.3) is 0 Å². The van der Waals surface area contributed by atoms with Crippen LogP contribution in [0.25, 0.3) is 0 Å². The van der Waals surface area contributed by atoms with Gasteiger partial charge in [0.05, 0.1) is 27.6 Å². The van der Waals surface area contributed by atoms with E-state index in [4.69, 9.17) is 37.1 Å². The topological polar surface area (TPSA) is 106 Å². The molecule has 0 saturated carbocycles. The lowest BCUT2D eigenvalue weighted by Gasteiger charge is -2.35. The van der Waals surface area contributed by atoms with Crippen molar-refractivity contribution >= 4 is 40.9 Å². The summed E-state index contributed by atoms with van der Waals surface area (Å²) in [7, 11) is 0. The number of aliphatic imine (C=N–C) groups is 1. The van der Waals surface area contributed by atoms with E-state index in [-0.39, 0.29) is 6.61 Å². The summed E-state index contributed by atoms with van der Waals surface area (Å²) in [6.07, 6.45) is 2.22. The lowest BCUT2D eigenvalue weighted by molar-refractivity contribution is 0.0619. The van der Waals surface area contributed by atoms with Crippen LogP contribution in [0.5, 0.6) is 0 Å². The molecule has 1 fully saturated rings. The van der Waals surface area contributed by atoms with Gasteiger partial charge in [-0.25, -0.2) is 9.78 Å². The van der Waals surface area contributed by atoms with Crippen LogP contribution in [-0.2, 0) is 9.47 Å². The average Bonchev–Trinajstić information content (AvgIpc) is 3.47. The van der Waals surface area contributed by atoms with Gasteiger partial charge >= 0.3 is 6.16 Å². The van der Waals surface area contributed by atoms with Crippen LogP contribution < -0.4 is 4.90 Å². The Labute approximate surface area is 236 Å². The van der Waals surface area contributed by atoms with Crippen LogP contribution in [0.1, 0.15) is 37.1 Å². The van der Waals surface area contributed by atoms with Gasteiger partial charge in [-0.1, -0.05) is 41.4 Å². The fraction of sp³-hybridized carbons (Fsp3) is 0.370. The van der Waals surface area contributed by atoms with Crippen LogP contribution in [0, 0.1) is 0 Å². The minimum absolute atomic E-state index is 0.187. The summed E-state index contributed by atoms with van der Waals surface area (Å²) in [5, 5.41) is 8.64. The summed E-state index contributed by atoms with van der Waals surface area (Å²) < 4.78 is 16.8. The molecule has 2 atom stereocenters. The normalized spacial score (nSPS) is 20.1. The number of aromatic nitrogens is 3. The zero-order valence-electron chi connectivity index (χ0n) is 21.6. The van der Waals surface area contributed by atoms with Crippen LogP contribution in [0.2, 0.25) is 10.0 Å². The maximum absolute atomic E-state index is 12.9. The van der Waals surface area contributed by atoms with Crippen molar-refractivity contribution in [3.63, 3.8) is 0 Å². The second-order valence-corrected chi connectivity index (χ2v) is 10.1. The number of piperazine rings is 1. The second kappa shape index (κ2) is 12.1. The maximum Gasteiger partial charge on any atom is 0.513 e. The van der Waals surface area contributed by atoms with E-state index < -0.39 is 18.0 Å². The Kier molecular flexibility index (Phi) is 8.44. The number of hydrogen-bond acceptors (Lipinski definition) is 10. The molecule has 3 aromatic rings. The van der Waals surface area contributed by atoms with Crippen molar-refractivity contribution in [2.75, 3.05) is 44.2 Å². The van der Waals surface area contributed by atoms with Crippen LogP contribution in [0.3, 0.4) is 0 Å². The minimum Gasteiger partial charge on any atom is -0.433 e. The van der Waals surface area contributed by atoms with E-state index in [9.17, 15) is 4.79 Å². The number of anilines is 1. The number of ether oxygens (including phenoxy) is 2. The molecule has 2 unspecified atom stereocenters. The second-order valence-electron chi connectivity index (χ2n) is 9.30. The van der Waals surface area contributed by atoms with Gasteiger partial charge in [-0.3, -0.25) is 9.89 Å². The third kappa shape index (κ3) is 6.08. The summed E-state index contributed by atoms with van der Waals surface area (Å²) in [5.41, 5.74) is 1.88. The Bertz CT molecular complexity index is 1360. The summed E-state index contributed by atoms with van der Waals surface area (Å²) >= 11 is 13.0. The fourth-order valence-electron chi connectivity index (χ4n) is 4.98.